The smallest absolute Gasteiger partial charge is 0.337 e. The second-order valence-electron chi connectivity index (χ2n) is 12.1. The molecular formula is C46H45N3O5. The standard InChI is InChI=1S/C16H15NO2.C15H15NO2.C15H15NO/c1-12-4-3-5-15(17-12)11-8-13-6-9-14(10-7-13)16(18)19-2;1-11-4-3-5-13(16-11)8-6-12-7-9-14(17)15(10-12)18-2;1-12-4-2-7-15(16-12)9-8-13-5-3-6-14(10-13)11-17/h3-11H,1-2H3;3-10,17H,1-2H3;2-10,17H,11H2,1H3. The van der Waals surface area contributed by atoms with Crippen LogP contribution in [0.3, 0.4) is 0 Å². The first kappa shape index (κ1) is 40.1. The maximum Gasteiger partial charge on any atom is 0.337 e. The van der Waals surface area contributed by atoms with Crippen LogP contribution in [0, 0.1) is 20.8 Å². The van der Waals surface area contributed by atoms with Gasteiger partial charge in [-0.15, -0.1) is 0 Å². The quantitative estimate of drug-likeness (QED) is 0.142. The van der Waals surface area contributed by atoms with Crippen molar-refractivity contribution in [1.29, 1.82) is 0 Å². The molecule has 0 bridgehead atoms. The number of aromatic hydroxyl groups is 1. The van der Waals surface area contributed by atoms with Crippen LogP contribution in [0.25, 0.3) is 36.5 Å². The number of hydrogen-bond acceptors (Lipinski definition) is 8. The Kier molecular flexibility index (Phi) is 15.6. The van der Waals surface area contributed by atoms with Crippen molar-refractivity contribution in [3.8, 4) is 11.5 Å². The number of nitrogens with zero attached hydrogens (tertiary/aromatic N) is 3. The van der Waals surface area contributed by atoms with E-state index in [-0.39, 0.29) is 18.3 Å². The summed E-state index contributed by atoms with van der Waals surface area (Å²) in [6, 6.07) is 38.0. The Bertz CT molecular complexity index is 2210. The van der Waals surface area contributed by atoms with E-state index in [1.165, 1.54) is 14.2 Å². The van der Waals surface area contributed by atoms with Crippen LogP contribution in [0.2, 0.25) is 0 Å². The van der Waals surface area contributed by atoms with Crippen LogP contribution >= 0.6 is 0 Å². The summed E-state index contributed by atoms with van der Waals surface area (Å²) in [5.74, 6) is 0.286. The predicted octanol–water partition coefficient (Wildman–Crippen LogP) is 9.67. The van der Waals surface area contributed by atoms with E-state index in [1.807, 2.05) is 154 Å². The Morgan fingerprint density at radius 3 is 1.50 bits per heavy atom. The topological polar surface area (TPSA) is 115 Å². The summed E-state index contributed by atoms with van der Waals surface area (Å²) in [6.07, 6.45) is 11.7. The minimum Gasteiger partial charge on any atom is -0.504 e. The van der Waals surface area contributed by atoms with Crippen molar-refractivity contribution in [2.45, 2.75) is 27.4 Å². The predicted molar refractivity (Wildman–Crippen MR) is 219 cm³/mol. The molecule has 0 saturated heterocycles. The van der Waals surface area contributed by atoms with Crippen molar-refractivity contribution in [1.82, 2.24) is 15.0 Å². The summed E-state index contributed by atoms with van der Waals surface area (Å²) in [5.41, 5.74) is 10.2. The van der Waals surface area contributed by atoms with E-state index < -0.39 is 0 Å². The number of ether oxygens (including phenoxy) is 2. The molecule has 6 aromatic rings. The van der Waals surface area contributed by atoms with E-state index in [1.54, 1.807) is 24.3 Å². The van der Waals surface area contributed by atoms with Crippen LogP contribution in [0.15, 0.2) is 121 Å². The van der Waals surface area contributed by atoms with Gasteiger partial charge in [-0.2, -0.15) is 0 Å². The fourth-order valence-electron chi connectivity index (χ4n) is 4.96. The van der Waals surface area contributed by atoms with Crippen LogP contribution in [-0.2, 0) is 11.3 Å². The van der Waals surface area contributed by atoms with Gasteiger partial charge in [0.25, 0.3) is 0 Å². The molecule has 0 amide bonds. The fraction of sp³-hybridized carbons (Fsp3) is 0.130. The number of rotatable bonds is 9. The van der Waals surface area contributed by atoms with E-state index >= 15 is 0 Å². The van der Waals surface area contributed by atoms with Crippen molar-refractivity contribution in [3.63, 3.8) is 0 Å². The van der Waals surface area contributed by atoms with Crippen LogP contribution in [-0.4, -0.2) is 45.4 Å². The van der Waals surface area contributed by atoms with Crippen LogP contribution in [0.1, 0.15) is 66.8 Å². The van der Waals surface area contributed by atoms with Gasteiger partial charge in [0, 0.05) is 17.1 Å². The largest absolute Gasteiger partial charge is 0.504 e. The molecule has 8 heteroatoms. The van der Waals surface area contributed by atoms with Gasteiger partial charge in [-0.1, -0.05) is 72.8 Å². The lowest BCUT2D eigenvalue weighted by Gasteiger charge is -2.03. The van der Waals surface area contributed by atoms with E-state index in [0.29, 0.717) is 11.3 Å². The second-order valence-corrected chi connectivity index (χ2v) is 12.1. The molecular weight excluding hydrogens is 675 g/mol. The highest BCUT2D eigenvalue weighted by atomic mass is 16.5. The van der Waals surface area contributed by atoms with Gasteiger partial charge in [-0.05, 0) is 128 Å². The molecule has 2 N–H and O–H groups in total. The zero-order valence-electron chi connectivity index (χ0n) is 31.2. The number of aliphatic hydroxyl groups excluding tert-OH is 1. The molecule has 0 spiro atoms. The molecule has 0 radical (unpaired) electrons. The van der Waals surface area contributed by atoms with Gasteiger partial charge in [0.15, 0.2) is 11.5 Å². The number of pyridine rings is 3. The molecule has 3 aromatic heterocycles. The average Bonchev–Trinajstić information content (AvgIpc) is 3.19. The first-order valence-electron chi connectivity index (χ1n) is 17.3. The molecule has 8 nitrogen and oxygen atoms in total. The lowest BCUT2D eigenvalue weighted by molar-refractivity contribution is 0.0600. The normalized spacial score (nSPS) is 10.8. The van der Waals surface area contributed by atoms with Gasteiger partial charge in [-0.25, -0.2) is 4.79 Å². The number of aryl methyl sites for hydroxylation is 3. The highest BCUT2D eigenvalue weighted by Gasteiger charge is 2.03. The maximum absolute atomic E-state index is 11.3. The second kappa shape index (κ2) is 21.0. The van der Waals surface area contributed by atoms with E-state index in [0.717, 1.165) is 56.4 Å². The Balaban J connectivity index is 0.000000181. The number of methoxy groups -OCH3 is 2. The number of esters is 1. The van der Waals surface area contributed by atoms with Crippen molar-refractivity contribution in [2.24, 2.45) is 0 Å². The highest BCUT2D eigenvalue weighted by molar-refractivity contribution is 5.89. The van der Waals surface area contributed by atoms with Gasteiger partial charge in [-0.3, -0.25) is 15.0 Å². The highest BCUT2D eigenvalue weighted by Crippen LogP contribution is 2.27. The van der Waals surface area contributed by atoms with Gasteiger partial charge >= 0.3 is 5.97 Å². The summed E-state index contributed by atoms with van der Waals surface area (Å²) in [6.45, 7) is 5.97. The van der Waals surface area contributed by atoms with E-state index in [9.17, 15) is 9.90 Å². The minimum atomic E-state index is -0.323. The van der Waals surface area contributed by atoms with E-state index in [2.05, 4.69) is 19.7 Å². The van der Waals surface area contributed by atoms with Crippen molar-refractivity contribution in [2.75, 3.05) is 14.2 Å². The monoisotopic (exact) mass is 719 g/mol. The summed E-state index contributed by atoms with van der Waals surface area (Å²) in [7, 11) is 2.91. The van der Waals surface area contributed by atoms with Gasteiger partial charge in [0.1, 0.15) is 0 Å². The van der Waals surface area contributed by atoms with Crippen LogP contribution in [0.5, 0.6) is 11.5 Å². The molecule has 3 heterocycles. The van der Waals surface area contributed by atoms with Crippen LogP contribution < -0.4 is 4.74 Å². The van der Waals surface area contributed by atoms with Gasteiger partial charge in [0.2, 0.25) is 0 Å². The number of carbonyl (C=O) groups is 1. The van der Waals surface area contributed by atoms with Crippen molar-refractivity contribution >= 4 is 42.4 Å². The van der Waals surface area contributed by atoms with Crippen molar-refractivity contribution in [3.05, 3.63) is 183 Å². The number of phenols is 1. The lowest BCUT2D eigenvalue weighted by Crippen LogP contribution is -2.00. The number of benzene rings is 3. The van der Waals surface area contributed by atoms with Gasteiger partial charge < -0.3 is 19.7 Å². The van der Waals surface area contributed by atoms with Gasteiger partial charge in [0.05, 0.1) is 43.5 Å². The third-order valence-corrected chi connectivity index (χ3v) is 7.74. The molecule has 0 fully saturated rings. The zero-order chi connectivity index (χ0) is 38.7. The number of phenolic OH excluding ortho intramolecular Hbond substituents is 1. The minimum absolute atomic E-state index is 0.0738. The number of aromatic nitrogens is 3. The van der Waals surface area contributed by atoms with Crippen LogP contribution in [0.4, 0.5) is 0 Å². The molecule has 6 rings (SSSR count). The average molecular weight is 720 g/mol. The maximum atomic E-state index is 11.3. The molecule has 54 heavy (non-hydrogen) atoms. The molecule has 0 atom stereocenters. The molecule has 3 aromatic carbocycles. The SMILES string of the molecule is COC(=O)c1ccc(C=Cc2cccc(C)n2)cc1.COc1cc(C=Cc2cccc(C)n2)ccc1O.Cc1cccc(C=Cc2cccc(CO)c2)n1. The van der Waals surface area contributed by atoms with E-state index in [4.69, 9.17) is 9.84 Å². The number of aliphatic hydroxyl groups is 1. The summed E-state index contributed by atoms with van der Waals surface area (Å²) in [5, 5.41) is 18.5. The Morgan fingerprint density at radius 1 is 0.574 bits per heavy atom. The summed E-state index contributed by atoms with van der Waals surface area (Å²) < 4.78 is 9.71. The molecule has 0 aliphatic heterocycles. The fourth-order valence-corrected chi connectivity index (χ4v) is 4.96. The third-order valence-electron chi connectivity index (χ3n) is 7.74. The third kappa shape index (κ3) is 13.5. The first-order chi connectivity index (χ1) is 26.1. The lowest BCUT2D eigenvalue weighted by atomic mass is 10.1. The number of carbonyl (C=O) groups excluding carboxylic acids is 1. The summed E-state index contributed by atoms with van der Waals surface area (Å²) in [4.78, 5) is 24.5. The summed E-state index contributed by atoms with van der Waals surface area (Å²) >= 11 is 0. The Labute approximate surface area is 317 Å². The molecule has 0 aliphatic carbocycles. The zero-order valence-corrected chi connectivity index (χ0v) is 31.2. The molecule has 0 saturated carbocycles. The van der Waals surface area contributed by atoms with Crippen molar-refractivity contribution < 1.29 is 24.5 Å². The molecule has 0 aliphatic rings. The number of hydrogen-bond donors (Lipinski definition) is 2. The molecule has 274 valence electrons. The first-order valence-corrected chi connectivity index (χ1v) is 17.3. The Morgan fingerprint density at radius 2 is 1.04 bits per heavy atom. The molecule has 0 unspecified atom stereocenters. The Hall–Kier alpha value is -6.64.